The van der Waals surface area contributed by atoms with Crippen molar-refractivity contribution in [1.82, 2.24) is 10.3 Å². The molecule has 0 aromatic carbocycles. The minimum Gasteiger partial charge on any atom is -0.386 e. The number of hydrogen-bond acceptors (Lipinski definition) is 5. The van der Waals surface area contributed by atoms with Crippen LogP contribution in [-0.2, 0) is 12.8 Å². The van der Waals surface area contributed by atoms with E-state index < -0.39 is 11.8 Å². The van der Waals surface area contributed by atoms with E-state index in [-0.39, 0.29) is 6.04 Å². The summed E-state index contributed by atoms with van der Waals surface area (Å²) in [5, 5.41) is 25.3. The van der Waals surface area contributed by atoms with Gasteiger partial charge < -0.3 is 20.5 Å². The molecule has 25 heavy (non-hydrogen) atoms. The number of hydrogen-bond donors (Lipinski definition) is 4. The fourth-order valence-electron chi connectivity index (χ4n) is 4.97. The number of nitrogens with zero attached hydrogens (tertiary/aromatic N) is 2. The Balaban J connectivity index is 1.49. The van der Waals surface area contributed by atoms with Crippen LogP contribution in [0.4, 0.5) is 0 Å². The topological polar surface area (TPSA) is 93.0 Å². The first-order valence-electron chi connectivity index (χ1n) is 9.55. The molecule has 0 amide bonds. The van der Waals surface area contributed by atoms with E-state index in [9.17, 15) is 10.2 Å². The molecule has 1 fully saturated rings. The summed E-state index contributed by atoms with van der Waals surface area (Å²) in [4.78, 5) is 13.0. The van der Waals surface area contributed by atoms with Crippen molar-refractivity contribution in [3.05, 3.63) is 23.5 Å². The number of nitrogens with one attached hydrogen (secondary N) is 2. The molecule has 0 spiro atoms. The number of fused-ring (bicyclic) bond motifs is 7. The van der Waals surface area contributed by atoms with Crippen molar-refractivity contribution in [2.75, 3.05) is 0 Å². The summed E-state index contributed by atoms with van der Waals surface area (Å²) in [6.07, 6.45) is 6.01. The van der Waals surface area contributed by atoms with Crippen LogP contribution in [0.2, 0.25) is 0 Å². The maximum Gasteiger partial charge on any atom is 0.183 e. The Labute approximate surface area is 147 Å². The van der Waals surface area contributed by atoms with Crippen LogP contribution in [0.15, 0.2) is 22.1 Å². The third kappa shape index (κ3) is 2.76. The molecular weight excluding hydrogens is 316 g/mol. The van der Waals surface area contributed by atoms with E-state index in [0.29, 0.717) is 24.9 Å². The van der Waals surface area contributed by atoms with Crippen molar-refractivity contribution in [3.63, 3.8) is 0 Å². The quantitative estimate of drug-likeness (QED) is 0.569. The van der Waals surface area contributed by atoms with Crippen molar-refractivity contribution in [2.45, 2.75) is 81.3 Å². The molecule has 6 heteroatoms. The summed E-state index contributed by atoms with van der Waals surface area (Å²) >= 11 is 0. The van der Waals surface area contributed by atoms with Crippen molar-refractivity contribution in [1.29, 1.82) is 0 Å². The molecule has 4 aliphatic rings. The normalized spacial score (nSPS) is 40.4. The van der Waals surface area contributed by atoms with Gasteiger partial charge in [-0.15, -0.1) is 0 Å². The van der Waals surface area contributed by atoms with Gasteiger partial charge in [0.25, 0.3) is 0 Å². The predicted octanol–water partition coefficient (Wildman–Crippen LogP) is 1.12. The highest BCUT2D eigenvalue weighted by atomic mass is 16.4. The SMILES string of the molecule is OC1C2CCC(N2)C2CCC(=N2)Cc2ccc([nH]2)CC2=NC1(O)CC2. The van der Waals surface area contributed by atoms with Gasteiger partial charge in [-0.3, -0.25) is 9.98 Å². The van der Waals surface area contributed by atoms with Gasteiger partial charge in [0.2, 0.25) is 0 Å². The number of aliphatic hydroxyl groups excluding tert-OH is 1. The Bertz CT molecular complexity index is 740. The molecule has 5 heterocycles. The number of H-pyrrole nitrogens is 1. The molecule has 1 aromatic heterocycles. The van der Waals surface area contributed by atoms with E-state index in [0.717, 1.165) is 49.9 Å². The molecule has 4 N–H and O–H groups in total. The van der Waals surface area contributed by atoms with E-state index >= 15 is 0 Å². The zero-order valence-corrected chi connectivity index (χ0v) is 14.4. The van der Waals surface area contributed by atoms with Crippen LogP contribution in [0.1, 0.15) is 49.9 Å². The van der Waals surface area contributed by atoms with E-state index in [1.54, 1.807) is 0 Å². The van der Waals surface area contributed by atoms with Crippen LogP contribution in [0.3, 0.4) is 0 Å². The van der Waals surface area contributed by atoms with Crippen LogP contribution in [0.5, 0.6) is 0 Å². The first-order valence-corrected chi connectivity index (χ1v) is 9.55. The Morgan fingerprint density at radius 1 is 1.00 bits per heavy atom. The maximum atomic E-state index is 10.9. The molecule has 1 saturated heterocycles. The highest BCUT2D eigenvalue weighted by Gasteiger charge is 2.46. The number of rotatable bonds is 0. The van der Waals surface area contributed by atoms with Crippen molar-refractivity contribution < 1.29 is 10.2 Å². The minimum absolute atomic E-state index is 0.0982. The molecule has 0 aliphatic carbocycles. The second-order valence-corrected chi connectivity index (χ2v) is 8.12. The lowest BCUT2D eigenvalue weighted by Crippen LogP contribution is -2.52. The molecule has 8 bridgehead atoms. The van der Waals surface area contributed by atoms with Gasteiger partial charge in [0.15, 0.2) is 5.72 Å². The number of aromatic amines is 1. The summed E-state index contributed by atoms with van der Waals surface area (Å²) in [5.41, 5.74) is 3.23. The average Bonchev–Trinajstić information content (AvgIpc) is 3.35. The zero-order valence-electron chi connectivity index (χ0n) is 14.4. The average molecular weight is 342 g/mol. The Morgan fingerprint density at radius 3 is 2.60 bits per heavy atom. The molecule has 6 nitrogen and oxygen atoms in total. The largest absolute Gasteiger partial charge is 0.386 e. The smallest absolute Gasteiger partial charge is 0.183 e. The molecule has 4 aliphatic heterocycles. The van der Waals surface area contributed by atoms with Crippen LogP contribution >= 0.6 is 0 Å². The third-order valence-electron chi connectivity index (χ3n) is 6.34. The van der Waals surface area contributed by atoms with Gasteiger partial charge in [-0.1, -0.05) is 0 Å². The molecule has 134 valence electrons. The van der Waals surface area contributed by atoms with Crippen LogP contribution in [-0.4, -0.2) is 56.6 Å². The van der Waals surface area contributed by atoms with Crippen molar-refractivity contribution in [3.8, 4) is 0 Å². The van der Waals surface area contributed by atoms with Gasteiger partial charge in [-0.2, -0.15) is 0 Å². The monoisotopic (exact) mass is 342 g/mol. The predicted molar refractivity (Wildman–Crippen MR) is 96.2 cm³/mol. The number of aliphatic hydroxyl groups is 2. The zero-order chi connectivity index (χ0) is 17.0. The van der Waals surface area contributed by atoms with E-state index in [2.05, 4.69) is 27.4 Å². The highest BCUT2D eigenvalue weighted by molar-refractivity contribution is 5.89. The molecule has 5 atom stereocenters. The lowest BCUT2D eigenvalue weighted by atomic mass is 9.96. The lowest BCUT2D eigenvalue weighted by molar-refractivity contribution is -0.0810. The van der Waals surface area contributed by atoms with Gasteiger partial charge in [0, 0.05) is 54.2 Å². The van der Waals surface area contributed by atoms with E-state index in [1.165, 1.54) is 11.4 Å². The fraction of sp³-hybridized carbons (Fsp3) is 0.684. The molecule has 5 rings (SSSR count). The van der Waals surface area contributed by atoms with Crippen LogP contribution in [0, 0.1) is 0 Å². The van der Waals surface area contributed by atoms with Gasteiger partial charge in [-0.05, 0) is 44.2 Å². The Hall–Kier alpha value is -1.50. The maximum absolute atomic E-state index is 10.9. The standard InChI is InChI=1S/C19H26N4O2/c24-18-17-6-5-16(22-17)15-4-3-13(21-15)9-11-1-2-12(20-11)10-14-7-8-19(18,25)23-14/h1-2,15-18,20,22,24-25H,3-10H2. The molecule has 0 saturated carbocycles. The van der Waals surface area contributed by atoms with Crippen LogP contribution < -0.4 is 5.32 Å². The number of aromatic nitrogens is 1. The Morgan fingerprint density at radius 2 is 1.76 bits per heavy atom. The van der Waals surface area contributed by atoms with Gasteiger partial charge in [0.1, 0.15) is 6.10 Å². The van der Waals surface area contributed by atoms with Crippen LogP contribution in [0.25, 0.3) is 0 Å². The summed E-state index contributed by atoms with van der Waals surface area (Å²) in [5.74, 6) is 0. The molecule has 0 radical (unpaired) electrons. The first kappa shape index (κ1) is 15.7. The molecular formula is C19H26N4O2. The highest BCUT2D eigenvalue weighted by Crippen LogP contribution is 2.34. The number of aliphatic imine (C=N–C) groups is 2. The van der Waals surface area contributed by atoms with E-state index in [4.69, 9.17) is 4.99 Å². The summed E-state index contributed by atoms with van der Waals surface area (Å²) in [6.45, 7) is 0. The molecule has 5 unspecified atom stereocenters. The summed E-state index contributed by atoms with van der Waals surface area (Å²) in [7, 11) is 0. The van der Waals surface area contributed by atoms with Crippen molar-refractivity contribution in [2.24, 2.45) is 9.98 Å². The second-order valence-electron chi connectivity index (χ2n) is 8.12. The first-order chi connectivity index (χ1) is 12.1. The van der Waals surface area contributed by atoms with Gasteiger partial charge in [0.05, 0.1) is 6.04 Å². The Kier molecular flexibility index (Phi) is 3.62. The summed E-state index contributed by atoms with van der Waals surface area (Å²) < 4.78 is 0. The fourth-order valence-corrected chi connectivity index (χ4v) is 4.97. The van der Waals surface area contributed by atoms with Gasteiger partial charge in [-0.25, -0.2) is 0 Å². The van der Waals surface area contributed by atoms with Crippen molar-refractivity contribution >= 4 is 11.4 Å². The lowest BCUT2D eigenvalue weighted by Gasteiger charge is -2.31. The minimum atomic E-state index is -1.35. The second kappa shape index (κ2) is 5.76. The summed E-state index contributed by atoms with van der Waals surface area (Å²) in [6, 6.07) is 4.74. The van der Waals surface area contributed by atoms with Gasteiger partial charge >= 0.3 is 0 Å². The third-order valence-corrected chi connectivity index (χ3v) is 6.34. The molecule has 1 aromatic rings. The van der Waals surface area contributed by atoms with E-state index in [1.807, 2.05) is 0 Å².